The van der Waals surface area contributed by atoms with Crippen LogP contribution in [0.25, 0.3) is 11.3 Å². The van der Waals surface area contributed by atoms with Crippen LogP contribution in [0.2, 0.25) is 0 Å². The molecule has 108 valence electrons. The Morgan fingerprint density at radius 1 is 1.33 bits per heavy atom. The van der Waals surface area contributed by atoms with E-state index in [1.54, 1.807) is 4.90 Å². The van der Waals surface area contributed by atoms with Crippen molar-refractivity contribution in [1.29, 1.82) is 0 Å². The van der Waals surface area contributed by atoms with E-state index in [-0.39, 0.29) is 5.91 Å². The molecule has 1 aromatic carbocycles. The van der Waals surface area contributed by atoms with Crippen molar-refractivity contribution in [3.63, 3.8) is 0 Å². The van der Waals surface area contributed by atoms with Crippen LogP contribution in [0, 0.1) is 0 Å². The van der Waals surface area contributed by atoms with E-state index in [0.717, 1.165) is 11.3 Å². The third-order valence-electron chi connectivity index (χ3n) is 3.22. The topological polar surface area (TPSA) is 68.2 Å². The number of fused-ring (bicyclic) bond motifs is 3. The zero-order valence-electron chi connectivity index (χ0n) is 11.9. The predicted octanol–water partition coefficient (Wildman–Crippen LogP) is 2.35. The molecule has 21 heavy (non-hydrogen) atoms. The maximum atomic E-state index is 12.0. The van der Waals surface area contributed by atoms with E-state index in [9.17, 15) is 4.79 Å². The summed E-state index contributed by atoms with van der Waals surface area (Å²) in [5.74, 6) is 0.304. The fourth-order valence-corrected chi connectivity index (χ4v) is 2.65. The number of benzene rings is 1. The first-order valence-electron chi connectivity index (χ1n) is 6.46. The highest BCUT2D eigenvalue weighted by atomic mass is 32.2. The predicted molar refractivity (Wildman–Crippen MR) is 80.3 cm³/mol. The van der Waals surface area contributed by atoms with Crippen molar-refractivity contribution in [1.82, 2.24) is 15.2 Å². The lowest BCUT2D eigenvalue weighted by Crippen LogP contribution is -2.40. The largest absolute Gasteiger partial charge is 0.452 e. The number of hydrogen-bond acceptors (Lipinski definition) is 6. The summed E-state index contributed by atoms with van der Waals surface area (Å²) in [6.07, 6.45) is 1.41. The van der Waals surface area contributed by atoms with Crippen molar-refractivity contribution in [2.45, 2.75) is 25.2 Å². The molecule has 0 unspecified atom stereocenters. The number of thioether (sulfide) groups is 1. The van der Waals surface area contributed by atoms with Gasteiger partial charge in [-0.1, -0.05) is 30.0 Å². The average molecular weight is 302 g/mol. The first kappa shape index (κ1) is 13.8. The number of aromatic nitrogens is 3. The van der Waals surface area contributed by atoms with Gasteiger partial charge in [-0.15, -0.1) is 10.2 Å². The molecule has 0 spiro atoms. The molecule has 0 bridgehead atoms. The second kappa shape index (κ2) is 5.33. The number of amides is 1. The van der Waals surface area contributed by atoms with Gasteiger partial charge in [0.15, 0.2) is 11.9 Å². The molecule has 0 N–H and O–H groups in total. The first-order chi connectivity index (χ1) is 10.1. The van der Waals surface area contributed by atoms with Crippen LogP contribution in [0.15, 0.2) is 29.4 Å². The number of ether oxygens (including phenoxy) is 1. The Bertz CT molecular complexity index is 707. The molecule has 3 rings (SSSR count). The summed E-state index contributed by atoms with van der Waals surface area (Å²) in [6, 6.07) is 7.53. The van der Waals surface area contributed by atoms with Crippen molar-refractivity contribution in [2.75, 3.05) is 11.2 Å². The number of para-hydroxylation sites is 1. The summed E-state index contributed by atoms with van der Waals surface area (Å²) >= 11 is 1.39. The molecule has 1 atom stereocenters. The van der Waals surface area contributed by atoms with Gasteiger partial charge in [-0.3, -0.25) is 9.69 Å². The standard InChI is InChI=1S/C14H14N4O2S/c1-8(19)18-9(2)20-13-12(16-17-14(15-13)21-3)10-6-4-5-7-11(10)18/h4-7,9H,1-3H3/t9-/m0/s1. The number of carbonyl (C=O) groups is 1. The molecule has 0 saturated heterocycles. The molecule has 0 radical (unpaired) electrons. The molecule has 1 aliphatic heterocycles. The lowest BCUT2D eigenvalue weighted by molar-refractivity contribution is -0.118. The van der Waals surface area contributed by atoms with Gasteiger partial charge in [0.1, 0.15) is 0 Å². The van der Waals surface area contributed by atoms with Crippen LogP contribution in [0.1, 0.15) is 13.8 Å². The fourth-order valence-electron chi connectivity index (χ4n) is 2.36. The van der Waals surface area contributed by atoms with Crippen LogP contribution >= 0.6 is 11.8 Å². The third kappa shape index (κ3) is 2.33. The quantitative estimate of drug-likeness (QED) is 0.753. The second-order valence-corrected chi connectivity index (χ2v) is 5.35. The lowest BCUT2D eigenvalue weighted by atomic mass is 10.1. The Balaban J connectivity index is 2.25. The summed E-state index contributed by atoms with van der Waals surface area (Å²) in [6.45, 7) is 3.33. The minimum atomic E-state index is -0.462. The monoisotopic (exact) mass is 302 g/mol. The van der Waals surface area contributed by atoms with Crippen LogP contribution in [0.4, 0.5) is 5.69 Å². The fraction of sp³-hybridized carbons (Fsp3) is 0.286. The molecule has 1 aliphatic rings. The van der Waals surface area contributed by atoms with Crippen molar-refractivity contribution in [3.8, 4) is 17.1 Å². The van der Waals surface area contributed by atoms with E-state index in [0.29, 0.717) is 16.7 Å². The normalized spacial score (nSPS) is 16.5. The van der Waals surface area contributed by atoms with Gasteiger partial charge in [-0.2, -0.15) is 4.98 Å². The Hall–Kier alpha value is -2.15. The van der Waals surface area contributed by atoms with Gasteiger partial charge in [0.2, 0.25) is 16.9 Å². The zero-order chi connectivity index (χ0) is 15.0. The van der Waals surface area contributed by atoms with Crippen LogP contribution in [-0.2, 0) is 4.79 Å². The summed E-state index contributed by atoms with van der Waals surface area (Å²) in [4.78, 5) is 17.9. The lowest BCUT2D eigenvalue weighted by Gasteiger charge is -2.26. The Morgan fingerprint density at radius 2 is 2.10 bits per heavy atom. The molecular weight excluding hydrogens is 288 g/mol. The second-order valence-electron chi connectivity index (χ2n) is 4.58. The van der Waals surface area contributed by atoms with Crippen molar-refractivity contribution in [3.05, 3.63) is 24.3 Å². The minimum Gasteiger partial charge on any atom is -0.452 e. The van der Waals surface area contributed by atoms with Crippen molar-refractivity contribution in [2.24, 2.45) is 0 Å². The number of hydrogen-bond donors (Lipinski definition) is 0. The Kier molecular flexibility index (Phi) is 3.50. The van der Waals surface area contributed by atoms with E-state index in [4.69, 9.17) is 4.74 Å². The smallest absolute Gasteiger partial charge is 0.247 e. The molecule has 1 aromatic heterocycles. The molecule has 7 heteroatoms. The minimum absolute atomic E-state index is 0.0965. The van der Waals surface area contributed by atoms with Crippen LogP contribution < -0.4 is 9.64 Å². The summed E-state index contributed by atoms with van der Waals surface area (Å²) < 4.78 is 5.83. The highest BCUT2D eigenvalue weighted by Gasteiger charge is 2.30. The van der Waals surface area contributed by atoms with E-state index in [1.807, 2.05) is 37.4 Å². The molecule has 2 aromatic rings. The number of anilines is 1. The van der Waals surface area contributed by atoms with Gasteiger partial charge in [0, 0.05) is 12.5 Å². The van der Waals surface area contributed by atoms with Crippen LogP contribution in [0.3, 0.4) is 0 Å². The number of nitrogens with zero attached hydrogens (tertiary/aromatic N) is 4. The van der Waals surface area contributed by atoms with E-state index in [2.05, 4.69) is 15.2 Å². The maximum Gasteiger partial charge on any atom is 0.247 e. The highest BCUT2D eigenvalue weighted by molar-refractivity contribution is 7.98. The maximum absolute atomic E-state index is 12.0. The van der Waals surface area contributed by atoms with Crippen LogP contribution in [-0.4, -0.2) is 33.6 Å². The van der Waals surface area contributed by atoms with Gasteiger partial charge < -0.3 is 4.74 Å². The molecule has 6 nitrogen and oxygen atoms in total. The molecular formula is C14H14N4O2S. The molecule has 0 saturated carbocycles. The van der Waals surface area contributed by atoms with Gasteiger partial charge in [-0.25, -0.2) is 0 Å². The van der Waals surface area contributed by atoms with Gasteiger partial charge in [-0.05, 0) is 19.2 Å². The zero-order valence-corrected chi connectivity index (χ0v) is 12.7. The van der Waals surface area contributed by atoms with Crippen LogP contribution in [0.5, 0.6) is 5.88 Å². The van der Waals surface area contributed by atoms with E-state index in [1.165, 1.54) is 18.7 Å². The first-order valence-corrected chi connectivity index (χ1v) is 7.69. The molecule has 1 amide bonds. The summed E-state index contributed by atoms with van der Waals surface area (Å²) in [5.41, 5.74) is 2.10. The van der Waals surface area contributed by atoms with E-state index < -0.39 is 6.23 Å². The van der Waals surface area contributed by atoms with Crippen molar-refractivity contribution < 1.29 is 9.53 Å². The average Bonchev–Trinajstić information content (AvgIpc) is 2.59. The Morgan fingerprint density at radius 3 is 2.81 bits per heavy atom. The van der Waals surface area contributed by atoms with Crippen molar-refractivity contribution >= 4 is 23.4 Å². The summed E-state index contributed by atoms with van der Waals surface area (Å²) in [7, 11) is 0. The highest BCUT2D eigenvalue weighted by Crippen LogP contribution is 2.38. The molecule has 2 heterocycles. The van der Waals surface area contributed by atoms with Gasteiger partial charge in [0.05, 0.1) is 5.69 Å². The number of rotatable bonds is 1. The summed E-state index contributed by atoms with van der Waals surface area (Å²) in [5, 5.41) is 8.82. The Labute approximate surface area is 126 Å². The molecule has 0 aliphatic carbocycles. The SMILES string of the molecule is CSc1nnc2c(n1)O[C@@H](C)N(C(C)=O)c1ccccc1-2. The van der Waals surface area contributed by atoms with E-state index >= 15 is 0 Å². The van der Waals surface area contributed by atoms with Gasteiger partial charge >= 0.3 is 0 Å². The van der Waals surface area contributed by atoms with Gasteiger partial charge in [0.25, 0.3) is 0 Å². The third-order valence-corrected chi connectivity index (χ3v) is 3.76. The molecule has 0 fully saturated rings. The number of carbonyl (C=O) groups excluding carboxylic acids is 1.